The van der Waals surface area contributed by atoms with Crippen molar-refractivity contribution in [1.82, 2.24) is 24.1 Å². The minimum Gasteiger partial charge on any atom is -0.444 e. The Labute approximate surface area is 249 Å². The number of nitrogens with zero attached hydrogens (tertiary/aromatic N) is 5. The minimum atomic E-state index is -4.84. The van der Waals surface area contributed by atoms with E-state index in [0.717, 1.165) is 29.9 Å². The maximum Gasteiger partial charge on any atom is 0.421 e. The Bertz CT molecular complexity index is 1440. The fourth-order valence-corrected chi connectivity index (χ4v) is 4.86. The number of hydrogen-bond acceptors (Lipinski definition) is 6. The first-order valence-corrected chi connectivity index (χ1v) is 14.4. The largest absolute Gasteiger partial charge is 0.444 e. The molecule has 1 aromatic carbocycles. The van der Waals surface area contributed by atoms with Crippen LogP contribution in [-0.4, -0.2) is 69.6 Å². The highest BCUT2D eigenvalue weighted by Crippen LogP contribution is 2.32. The van der Waals surface area contributed by atoms with E-state index in [9.17, 15) is 22.8 Å². The molecule has 234 valence electrons. The molecule has 0 radical (unpaired) electrons. The standard InChI is InChI=1S/C31H40F3N5O4/c1-30(2,3)43-29(41)37(5)15-14-36(4)19-24-21-39(26-13-9-10-16-42-26)35-27(24)23-17-25(31(32,33)34)28(40)38(20-23)18-22-11-7-6-8-12-22/h6-8,11-12,17,20-21,26H,9-10,13-16,18-19H2,1-5H3. The van der Waals surface area contributed by atoms with Crippen LogP contribution >= 0.6 is 0 Å². The summed E-state index contributed by atoms with van der Waals surface area (Å²) >= 11 is 0. The van der Waals surface area contributed by atoms with Crippen LogP contribution in [0.1, 0.15) is 63.0 Å². The third kappa shape index (κ3) is 8.70. The van der Waals surface area contributed by atoms with Gasteiger partial charge >= 0.3 is 12.3 Å². The first-order chi connectivity index (χ1) is 20.2. The van der Waals surface area contributed by atoms with Crippen LogP contribution in [0.2, 0.25) is 0 Å². The molecule has 4 rings (SSSR count). The summed E-state index contributed by atoms with van der Waals surface area (Å²) < 4.78 is 56.4. The number of carbonyl (C=O) groups excluding carboxylic acids is 1. The van der Waals surface area contributed by atoms with Crippen molar-refractivity contribution in [2.24, 2.45) is 0 Å². The molecule has 0 spiro atoms. The number of halogens is 3. The van der Waals surface area contributed by atoms with E-state index in [-0.39, 0.29) is 18.3 Å². The first-order valence-electron chi connectivity index (χ1n) is 14.4. The Hall–Kier alpha value is -3.64. The van der Waals surface area contributed by atoms with Gasteiger partial charge in [0, 0.05) is 56.8 Å². The Balaban J connectivity index is 1.67. The van der Waals surface area contributed by atoms with Gasteiger partial charge in [-0.2, -0.15) is 18.3 Å². The van der Waals surface area contributed by atoms with E-state index in [1.165, 1.54) is 11.1 Å². The molecule has 3 aromatic rings. The molecule has 12 heteroatoms. The van der Waals surface area contributed by atoms with Crippen molar-refractivity contribution in [2.75, 3.05) is 33.8 Å². The summed E-state index contributed by atoms with van der Waals surface area (Å²) in [6.07, 6.45) is 0.253. The Morgan fingerprint density at radius 1 is 1.09 bits per heavy atom. The zero-order valence-electron chi connectivity index (χ0n) is 25.4. The first kappa shape index (κ1) is 32.3. The fourth-order valence-electron chi connectivity index (χ4n) is 4.86. The monoisotopic (exact) mass is 603 g/mol. The molecule has 1 amide bonds. The van der Waals surface area contributed by atoms with Crippen LogP contribution in [0.25, 0.3) is 11.3 Å². The van der Waals surface area contributed by atoms with Gasteiger partial charge in [-0.1, -0.05) is 30.3 Å². The van der Waals surface area contributed by atoms with Gasteiger partial charge in [-0.3, -0.25) is 4.79 Å². The molecule has 2 aromatic heterocycles. The van der Waals surface area contributed by atoms with E-state index in [1.54, 1.807) is 69.0 Å². The fraction of sp³-hybridized carbons (Fsp3) is 0.516. The van der Waals surface area contributed by atoms with Crippen molar-refractivity contribution < 1.29 is 27.4 Å². The normalized spacial score (nSPS) is 16.0. The van der Waals surface area contributed by atoms with Crippen LogP contribution in [-0.2, 0) is 28.7 Å². The number of aromatic nitrogens is 3. The van der Waals surface area contributed by atoms with E-state index < -0.39 is 29.0 Å². The maximum atomic E-state index is 14.1. The molecule has 1 atom stereocenters. The molecular formula is C31H40F3N5O4. The lowest BCUT2D eigenvalue weighted by Crippen LogP contribution is -2.38. The molecule has 1 aliphatic heterocycles. The Morgan fingerprint density at radius 2 is 1.81 bits per heavy atom. The molecule has 0 bridgehead atoms. The lowest BCUT2D eigenvalue weighted by atomic mass is 10.1. The number of pyridine rings is 1. The lowest BCUT2D eigenvalue weighted by Gasteiger charge is -2.26. The summed E-state index contributed by atoms with van der Waals surface area (Å²) in [6.45, 7) is 7.14. The van der Waals surface area contributed by atoms with Gasteiger partial charge in [0.15, 0.2) is 0 Å². The molecule has 0 saturated carbocycles. The summed E-state index contributed by atoms with van der Waals surface area (Å²) in [4.78, 5) is 28.8. The zero-order valence-corrected chi connectivity index (χ0v) is 25.4. The predicted molar refractivity (Wildman–Crippen MR) is 157 cm³/mol. The van der Waals surface area contributed by atoms with Crippen LogP contribution < -0.4 is 5.56 Å². The molecule has 1 aliphatic rings. The second-order valence-corrected chi connectivity index (χ2v) is 12.0. The molecule has 1 saturated heterocycles. The van der Waals surface area contributed by atoms with E-state index in [1.807, 2.05) is 11.9 Å². The van der Waals surface area contributed by atoms with Gasteiger partial charge in [0.2, 0.25) is 0 Å². The highest BCUT2D eigenvalue weighted by atomic mass is 19.4. The topological polar surface area (TPSA) is 81.8 Å². The summed E-state index contributed by atoms with van der Waals surface area (Å²) in [5, 5.41) is 4.72. The van der Waals surface area contributed by atoms with Crippen LogP contribution in [0.4, 0.5) is 18.0 Å². The highest BCUT2D eigenvalue weighted by molar-refractivity contribution is 5.67. The van der Waals surface area contributed by atoms with Gasteiger partial charge < -0.3 is 23.8 Å². The number of benzene rings is 1. The molecule has 43 heavy (non-hydrogen) atoms. The third-order valence-corrected chi connectivity index (χ3v) is 7.08. The van der Waals surface area contributed by atoms with Crippen LogP contribution in [0.15, 0.2) is 53.6 Å². The van der Waals surface area contributed by atoms with E-state index in [2.05, 4.69) is 0 Å². The molecule has 3 heterocycles. The van der Waals surface area contributed by atoms with Crippen molar-refractivity contribution in [2.45, 2.75) is 71.1 Å². The average Bonchev–Trinajstić information content (AvgIpc) is 3.36. The summed E-state index contributed by atoms with van der Waals surface area (Å²) in [5.74, 6) is 0. The number of rotatable bonds is 9. The summed E-state index contributed by atoms with van der Waals surface area (Å²) in [5.41, 5.74) is -1.07. The van der Waals surface area contributed by atoms with Crippen molar-refractivity contribution in [3.8, 4) is 11.3 Å². The number of likely N-dealkylation sites (N-methyl/N-ethyl adjacent to an activating group) is 2. The second kappa shape index (κ2) is 13.3. The molecule has 1 unspecified atom stereocenters. The van der Waals surface area contributed by atoms with Gasteiger partial charge in [0.05, 0.1) is 12.2 Å². The van der Waals surface area contributed by atoms with Gasteiger partial charge in [-0.05, 0) is 58.7 Å². The quantitative estimate of drug-likeness (QED) is 0.309. The number of amides is 1. The van der Waals surface area contributed by atoms with Crippen molar-refractivity contribution in [3.63, 3.8) is 0 Å². The second-order valence-electron chi connectivity index (χ2n) is 12.0. The minimum absolute atomic E-state index is 0.0186. The highest BCUT2D eigenvalue weighted by Gasteiger charge is 2.36. The van der Waals surface area contributed by atoms with Gasteiger partial charge in [-0.25, -0.2) is 9.48 Å². The number of hydrogen-bond donors (Lipinski definition) is 0. The predicted octanol–water partition coefficient (Wildman–Crippen LogP) is 5.78. The smallest absolute Gasteiger partial charge is 0.421 e. The van der Waals surface area contributed by atoms with Crippen LogP contribution in [0.5, 0.6) is 0 Å². The SMILES string of the molecule is CN(CCN(C)C(=O)OC(C)(C)C)Cc1cn(C2CCCCO2)nc1-c1cc(C(F)(F)F)c(=O)n(Cc2ccccc2)c1. The van der Waals surface area contributed by atoms with Crippen LogP contribution in [0.3, 0.4) is 0 Å². The van der Waals surface area contributed by atoms with Crippen molar-refractivity contribution >= 4 is 6.09 Å². The molecule has 9 nitrogen and oxygen atoms in total. The van der Waals surface area contributed by atoms with E-state index >= 15 is 0 Å². The maximum absolute atomic E-state index is 14.1. The van der Waals surface area contributed by atoms with E-state index in [0.29, 0.717) is 43.1 Å². The Kier molecular flexibility index (Phi) is 10.0. The molecule has 0 N–H and O–H groups in total. The summed E-state index contributed by atoms with van der Waals surface area (Å²) in [6, 6.07) is 9.76. The van der Waals surface area contributed by atoms with Gasteiger partial charge in [0.1, 0.15) is 17.4 Å². The lowest BCUT2D eigenvalue weighted by molar-refractivity contribution is -0.138. The van der Waals surface area contributed by atoms with Crippen molar-refractivity contribution in [1.29, 1.82) is 0 Å². The molecular weight excluding hydrogens is 563 g/mol. The zero-order chi connectivity index (χ0) is 31.4. The van der Waals surface area contributed by atoms with Crippen LogP contribution in [0, 0.1) is 0 Å². The van der Waals surface area contributed by atoms with E-state index in [4.69, 9.17) is 14.6 Å². The molecule has 1 fully saturated rings. The number of carbonyl (C=O) groups is 1. The molecule has 0 aliphatic carbocycles. The van der Waals surface area contributed by atoms with Crippen molar-refractivity contribution in [3.05, 3.63) is 75.8 Å². The average molecular weight is 604 g/mol. The third-order valence-electron chi connectivity index (χ3n) is 7.08. The number of alkyl halides is 3. The van der Waals surface area contributed by atoms with Gasteiger partial charge in [0.25, 0.3) is 5.56 Å². The summed E-state index contributed by atoms with van der Waals surface area (Å²) in [7, 11) is 3.51. The Morgan fingerprint density at radius 3 is 2.44 bits per heavy atom. The van der Waals surface area contributed by atoms with Gasteiger partial charge in [-0.15, -0.1) is 0 Å². The number of ether oxygens (including phenoxy) is 2.